The Kier molecular flexibility index (Phi) is 5.02. The number of aliphatic hydroxyl groups is 1. The van der Waals surface area contributed by atoms with Crippen molar-refractivity contribution in [3.05, 3.63) is 0 Å². The van der Waals surface area contributed by atoms with Gasteiger partial charge in [-0.1, -0.05) is 45.3 Å². The van der Waals surface area contributed by atoms with E-state index in [9.17, 15) is 0 Å². The Morgan fingerprint density at radius 1 is 1.18 bits per heavy atom. The van der Waals surface area contributed by atoms with Crippen LogP contribution in [-0.4, -0.2) is 20.3 Å². The Morgan fingerprint density at radius 3 is 2.00 bits per heavy atom. The van der Waals surface area contributed by atoms with Crippen LogP contribution in [0.2, 0.25) is 24.7 Å². The normalized spacial score (nSPS) is 28.6. The van der Waals surface area contributed by atoms with E-state index < -0.39 is 8.07 Å². The lowest BCUT2D eigenvalue weighted by Gasteiger charge is -2.34. The van der Waals surface area contributed by atoms with Crippen molar-refractivity contribution in [3.8, 4) is 0 Å². The second kappa shape index (κ2) is 4.94. The van der Waals surface area contributed by atoms with Crippen molar-refractivity contribution in [2.45, 2.75) is 50.9 Å². The van der Waals surface area contributed by atoms with E-state index in [0.29, 0.717) is 0 Å². The quantitative estimate of drug-likeness (QED) is 0.560. The van der Waals surface area contributed by atoms with Gasteiger partial charge in [0.25, 0.3) is 0 Å². The molecule has 0 aromatic heterocycles. The summed E-state index contributed by atoms with van der Waals surface area (Å²) < 4.78 is 0. The van der Waals surface area contributed by atoms with E-state index in [0.717, 1.165) is 12.7 Å². The van der Waals surface area contributed by atoms with Gasteiger partial charge in [-0.2, -0.15) is 0 Å². The van der Waals surface area contributed by atoms with E-state index in [2.05, 4.69) is 20.0 Å². The van der Waals surface area contributed by atoms with Crippen molar-refractivity contribution < 1.29 is 5.11 Å². The molecule has 1 saturated heterocycles. The molecule has 68 valence electrons. The third kappa shape index (κ3) is 3.39. The summed E-state index contributed by atoms with van der Waals surface area (Å²) in [5.74, 6) is 0. The predicted molar refractivity (Wildman–Crippen MR) is 53.7 cm³/mol. The van der Waals surface area contributed by atoms with Crippen molar-refractivity contribution in [2.75, 3.05) is 7.11 Å². The van der Waals surface area contributed by atoms with Gasteiger partial charge in [-0.05, 0) is 5.54 Å². The van der Waals surface area contributed by atoms with Crippen molar-refractivity contribution >= 4 is 8.07 Å². The maximum Gasteiger partial charge on any atom is 0.0502 e. The molecule has 0 aromatic carbocycles. The van der Waals surface area contributed by atoms with Crippen molar-refractivity contribution in [2.24, 2.45) is 0 Å². The Balaban J connectivity index is 0.000000461. The molecule has 1 nitrogen and oxygen atoms in total. The van der Waals surface area contributed by atoms with E-state index in [1.165, 1.54) is 19.3 Å². The lowest BCUT2D eigenvalue weighted by Crippen LogP contribution is -2.33. The molecule has 1 atom stereocenters. The first-order valence-corrected chi connectivity index (χ1v) is 7.86. The van der Waals surface area contributed by atoms with Crippen molar-refractivity contribution in [1.29, 1.82) is 0 Å². The molecule has 1 aliphatic heterocycles. The van der Waals surface area contributed by atoms with Gasteiger partial charge in [0.05, 0.1) is 8.07 Å². The van der Waals surface area contributed by atoms with Gasteiger partial charge in [0.15, 0.2) is 0 Å². The lowest BCUT2D eigenvalue weighted by atomic mass is 10.2. The standard InChI is InChI=1S/C8H18Si.CH4O/c1-8-6-4-5-7-9(8,2)3;1-2/h8H,4-7H2,1-3H3;2H,1H3. The SMILES string of the molecule is CC1CCCC[Si]1(C)C.CO. The Labute approximate surface area is 71.8 Å². The minimum atomic E-state index is -0.694. The van der Waals surface area contributed by atoms with Crippen LogP contribution in [0.4, 0.5) is 0 Å². The van der Waals surface area contributed by atoms with Crippen LogP contribution in [0.5, 0.6) is 0 Å². The molecule has 1 fully saturated rings. The number of rotatable bonds is 0. The Hall–Kier alpha value is 0.177. The van der Waals surface area contributed by atoms with Crippen LogP contribution in [-0.2, 0) is 0 Å². The van der Waals surface area contributed by atoms with Crippen LogP contribution in [0.15, 0.2) is 0 Å². The summed E-state index contributed by atoms with van der Waals surface area (Å²) in [4.78, 5) is 0. The van der Waals surface area contributed by atoms with Crippen LogP contribution < -0.4 is 0 Å². The highest BCUT2D eigenvalue weighted by molar-refractivity contribution is 6.78. The molecule has 0 aromatic rings. The number of hydrogen-bond donors (Lipinski definition) is 1. The lowest BCUT2D eigenvalue weighted by molar-refractivity contribution is 0.399. The molecule has 1 unspecified atom stereocenters. The molecule has 0 aliphatic carbocycles. The Morgan fingerprint density at radius 2 is 1.73 bits per heavy atom. The second-order valence-electron chi connectivity index (χ2n) is 4.14. The first kappa shape index (κ1) is 11.2. The molecule has 1 aliphatic rings. The molecular weight excluding hydrogens is 152 g/mol. The highest BCUT2D eigenvalue weighted by atomic mass is 28.3. The van der Waals surface area contributed by atoms with E-state index in [4.69, 9.17) is 5.11 Å². The number of aliphatic hydroxyl groups excluding tert-OH is 1. The van der Waals surface area contributed by atoms with Gasteiger partial charge in [0.2, 0.25) is 0 Å². The first-order valence-electron chi connectivity index (χ1n) is 4.58. The van der Waals surface area contributed by atoms with Crippen LogP contribution in [0.1, 0.15) is 26.2 Å². The third-order valence-corrected chi connectivity index (χ3v) is 7.64. The van der Waals surface area contributed by atoms with Crippen LogP contribution in [0, 0.1) is 0 Å². The molecule has 1 N–H and O–H groups in total. The van der Waals surface area contributed by atoms with E-state index in [1.807, 2.05) is 0 Å². The summed E-state index contributed by atoms with van der Waals surface area (Å²) >= 11 is 0. The molecule has 0 radical (unpaired) electrons. The molecule has 0 bridgehead atoms. The molecule has 0 saturated carbocycles. The molecule has 2 heteroatoms. The predicted octanol–water partition coefficient (Wildman–Crippen LogP) is 2.88. The zero-order chi connectivity index (χ0) is 8.91. The van der Waals surface area contributed by atoms with Gasteiger partial charge in [-0.3, -0.25) is 0 Å². The maximum absolute atomic E-state index is 7.00. The summed E-state index contributed by atoms with van der Waals surface area (Å²) in [7, 11) is 0.306. The summed E-state index contributed by atoms with van der Waals surface area (Å²) in [6.45, 7) is 7.53. The van der Waals surface area contributed by atoms with Crippen molar-refractivity contribution in [3.63, 3.8) is 0 Å². The van der Waals surface area contributed by atoms with Gasteiger partial charge in [-0.25, -0.2) is 0 Å². The molecule has 1 rings (SSSR count). The van der Waals surface area contributed by atoms with E-state index in [-0.39, 0.29) is 0 Å². The molecule has 0 spiro atoms. The third-order valence-electron chi connectivity index (χ3n) is 3.04. The van der Waals surface area contributed by atoms with E-state index in [1.54, 1.807) is 6.04 Å². The average molecular weight is 174 g/mol. The fraction of sp³-hybridized carbons (Fsp3) is 1.00. The van der Waals surface area contributed by atoms with Crippen molar-refractivity contribution in [1.82, 2.24) is 0 Å². The highest BCUT2D eigenvalue weighted by Gasteiger charge is 2.30. The summed E-state index contributed by atoms with van der Waals surface area (Å²) in [5.41, 5.74) is 1.09. The molecule has 11 heavy (non-hydrogen) atoms. The van der Waals surface area contributed by atoms with Gasteiger partial charge < -0.3 is 5.11 Å². The summed E-state index contributed by atoms with van der Waals surface area (Å²) in [6.07, 6.45) is 4.53. The smallest absolute Gasteiger partial charge is 0.0502 e. The second-order valence-corrected chi connectivity index (χ2v) is 9.60. The molecule has 0 amide bonds. The van der Waals surface area contributed by atoms with Gasteiger partial charge in [-0.15, -0.1) is 0 Å². The number of hydrogen-bond acceptors (Lipinski definition) is 1. The van der Waals surface area contributed by atoms with E-state index >= 15 is 0 Å². The highest BCUT2D eigenvalue weighted by Crippen LogP contribution is 2.36. The minimum Gasteiger partial charge on any atom is -0.400 e. The topological polar surface area (TPSA) is 20.2 Å². The summed E-state index contributed by atoms with van der Waals surface area (Å²) in [6, 6.07) is 1.58. The van der Waals surface area contributed by atoms with Crippen LogP contribution in [0.25, 0.3) is 0 Å². The average Bonchev–Trinajstić information content (AvgIpc) is 2.00. The Bertz CT molecular complexity index is 102. The van der Waals surface area contributed by atoms with Gasteiger partial charge in [0, 0.05) is 7.11 Å². The zero-order valence-corrected chi connectivity index (χ0v) is 9.35. The zero-order valence-electron chi connectivity index (χ0n) is 8.35. The largest absolute Gasteiger partial charge is 0.400 e. The monoisotopic (exact) mass is 174 g/mol. The van der Waals surface area contributed by atoms with Gasteiger partial charge >= 0.3 is 0 Å². The fourth-order valence-electron chi connectivity index (χ4n) is 1.67. The molecular formula is C9H22OSi. The van der Waals surface area contributed by atoms with Crippen LogP contribution >= 0.6 is 0 Å². The van der Waals surface area contributed by atoms with Crippen LogP contribution in [0.3, 0.4) is 0 Å². The molecule has 1 heterocycles. The first-order chi connectivity index (χ1) is 5.13. The maximum atomic E-state index is 7.00. The minimum absolute atomic E-state index is 0.694. The summed E-state index contributed by atoms with van der Waals surface area (Å²) in [5, 5.41) is 7.00. The van der Waals surface area contributed by atoms with Gasteiger partial charge in [0.1, 0.15) is 0 Å². The fourth-order valence-corrected chi connectivity index (χ4v) is 4.31.